The van der Waals surface area contributed by atoms with Crippen LogP contribution in [0.2, 0.25) is 0 Å². The van der Waals surface area contributed by atoms with Crippen LogP contribution in [0.5, 0.6) is 0 Å². The number of rotatable bonds is 4. The fraction of sp³-hybridized carbons (Fsp3) is 0.333. The number of sulfonamides is 1. The van der Waals surface area contributed by atoms with Gasteiger partial charge < -0.3 is 0 Å². The normalized spacial score (nSPS) is 11.4. The van der Waals surface area contributed by atoms with Crippen molar-refractivity contribution < 1.29 is 8.42 Å². The van der Waals surface area contributed by atoms with Crippen LogP contribution in [-0.2, 0) is 10.0 Å². The Morgan fingerprint density at radius 1 is 1.50 bits per heavy atom. The SMILES string of the molecule is CN(C)S(=O)(=O)c1ccc(SCC#N)nc1. The molecule has 0 atom stereocenters. The highest BCUT2D eigenvalue weighted by atomic mass is 32.2. The van der Waals surface area contributed by atoms with Gasteiger partial charge in [-0.25, -0.2) is 17.7 Å². The minimum absolute atomic E-state index is 0.152. The van der Waals surface area contributed by atoms with Crippen molar-refractivity contribution in [2.45, 2.75) is 9.92 Å². The van der Waals surface area contributed by atoms with E-state index in [0.717, 1.165) is 4.31 Å². The molecule has 7 heteroatoms. The molecule has 1 aromatic heterocycles. The molecule has 1 aromatic rings. The number of nitriles is 1. The summed E-state index contributed by atoms with van der Waals surface area (Å²) in [6.07, 6.45) is 1.30. The summed E-state index contributed by atoms with van der Waals surface area (Å²) in [5, 5.41) is 9.02. The number of hydrogen-bond acceptors (Lipinski definition) is 5. The average Bonchev–Trinajstić information content (AvgIpc) is 2.26. The van der Waals surface area contributed by atoms with Gasteiger partial charge in [-0.05, 0) is 12.1 Å². The van der Waals surface area contributed by atoms with Crippen LogP contribution in [0.25, 0.3) is 0 Å². The number of aromatic nitrogens is 1. The molecule has 0 saturated carbocycles. The van der Waals surface area contributed by atoms with Crippen molar-refractivity contribution in [3.63, 3.8) is 0 Å². The summed E-state index contributed by atoms with van der Waals surface area (Å²) in [7, 11) is -0.486. The van der Waals surface area contributed by atoms with Gasteiger partial charge in [0.15, 0.2) is 0 Å². The van der Waals surface area contributed by atoms with E-state index in [1.807, 2.05) is 6.07 Å². The molecule has 0 unspecified atom stereocenters. The van der Waals surface area contributed by atoms with Crippen LogP contribution in [0, 0.1) is 11.3 Å². The lowest BCUT2D eigenvalue weighted by Gasteiger charge is -2.10. The molecular weight excluding hydrogens is 246 g/mol. The first-order chi connectivity index (χ1) is 7.48. The van der Waals surface area contributed by atoms with Gasteiger partial charge in [0.2, 0.25) is 10.0 Å². The maximum atomic E-state index is 11.7. The van der Waals surface area contributed by atoms with Crippen molar-refractivity contribution in [2.75, 3.05) is 19.8 Å². The molecule has 0 fully saturated rings. The number of pyridine rings is 1. The topological polar surface area (TPSA) is 74.1 Å². The molecule has 0 saturated heterocycles. The lowest BCUT2D eigenvalue weighted by Crippen LogP contribution is -2.22. The first-order valence-electron chi connectivity index (χ1n) is 4.37. The summed E-state index contributed by atoms with van der Waals surface area (Å²) >= 11 is 1.27. The standard InChI is InChI=1S/C9H11N3O2S2/c1-12(2)16(13,14)8-3-4-9(11-7-8)15-6-5-10/h3-4,7H,6H2,1-2H3. The Labute approximate surface area is 99.1 Å². The molecule has 1 heterocycles. The second-order valence-corrected chi connectivity index (χ2v) is 6.21. The zero-order chi connectivity index (χ0) is 12.2. The Kier molecular flexibility index (Phi) is 4.29. The number of thioether (sulfide) groups is 1. The predicted molar refractivity (Wildman–Crippen MR) is 61.4 cm³/mol. The highest BCUT2D eigenvalue weighted by Gasteiger charge is 2.17. The summed E-state index contributed by atoms with van der Waals surface area (Å²) in [4.78, 5) is 4.12. The minimum atomic E-state index is -3.42. The Balaban J connectivity index is 2.92. The smallest absolute Gasteiger partial charge is 0.244 e. The lowest BCUT2D eigenvalue weighted by atomic mass is 10.5. The van der Waals surface area contributed by atoms with Gasteiger partial charge in [-0.1, -0.05) is 11.8 Å². The molecule has 0 spiro atoms. The van der Waals surface area contributed by atoms with E-state index in [4.69, 9.17) is 5.26 Å². The monoisotopic (exact) mass is 257 g/mol. The van der Waals surface area contributed by atoms with Crippen LogP contribution in [0.1, 0.15) is 0 Å². The molecule has 0 bridgehead atoms. The van der Waals surface area contributed by atoms with E-state index in [-0.39, 0.29) is 4.90 Å². The van der Waals surface area contributed by atoms with E-state index in [0.29, 0.717) is 10.8 Å². The van der Waals surface area contributed by atoms with Crippen LogP contribution < -0.4 is 0 Å². The van der Waals surface area contributed by atoms with Crippen molar-refractivity contribution in [2.24, 2.45) is 0 Å². The maximum Gasteiger partial charge on any atom is 0.244 e. The van der Waals surface area contributed by atoms with Crippen LogP contribution >= 0.6 is 11.8 Å². The molecular formula is C9H11N3O2S2. The molecule has 0 N–H and O–H groups in total. The Bertz CT molecular complexity index is 488. The molecule has 0 amide bonds. The Morgan fingerprint density at radius 2 is 2.19 bits per heavy atom. The first kappa shape index (κ1) is 13.0. The summed E-state index contributed by atoms with van der Waals surface area (Å²) in [6, 6.07) is 5.06. The zero-order valence-corrected chi connectivity index (χ0v) is 10.5. The van der Waals surface area contributed by atoms with Crippen LogP contribution in [0.15, 0.2) is 28.3 Å². The van der Waals surface area contributed by atoms with E-state index >= 15 is 0 Å². The van der Waals surface area contributed by atoms with Gasteiger partial charge in [0.05, 0.1) is 16.8 Å². The molecule has 0 aromatic carbocycles. The zero-order valence-electron chi connectivity index (χ0n) is 8.91. The Morgan fingerprint density at radius 3 is 2.62 bits per heavy atom. The largest absolute Gasteiger partial charge is 0.249 e. The second-order valence-electron chi connectivity index (χ2n) is 3.07. The van der Waals surface area contributed by atoms with Gasteiger partial charge in [-0.2, -0.15) is 5.26 Å². The quantitative estimate of drug-likeness (QED) is 0.751. The summed E-state index contributed by atoms with van der Waals surface area (Å²) in [6.45, 7) is 0. The van der Waals surface area contributed by atoms with E-state index < -0.39 is 10.0 Å². The van der Waals surface area contributed by atoms with Crippen LogP contribution in [0.3, 0.4) is 0 Å². The van der Waals surface area contributed by atoms with Crippen molar-refractivity contribution in [3.8, 4) is 6.07 Å². The molecule has 0 radical (unpaired) electrons. The van der Waals surface area contributed by atoms with E-state index in [2.05, 4.69) is 4.98 Å². The second kappa shape index (κ2) is 5.30. The average molecular weight is 257 g/mol. The van der Waals surface area contributed by atoms with Gasteiger partial charge in [0.1, 0.15) is 4.90 Å². The highest BCUT2D eigenvalue weighted by Crippen LogP contribution is 2.17. The third-order valence-corrected chi connectivity index (χ3v) is 4.38. The molecule has 0 aliphatic heterocycles. The van der Waals surface area contributed by atoms with Crippen LogP contribution in [-0.4, -0.2) is 37.6 Å². The van der Waals surface area contributed by atoms with Crippen molar-refractivity contribution in [3.05, 3.63) is 18.3 Å². The van der Waals surface area contributed by atoms with E-state index in [9.17, 15) is 8.42 Å². The number of hydrogen-bond donors (Lipinski definition) is 0. The first-order valence-corrected chi connectivity index (χ1v) is 6.79. The lowest BCUT2D eigenvalue weighted by molar-refractivity contribution is 0.520. The van der Waals surface area contributed by atoms with Gasteiger partial charge >= 0.3 is 0 Å². The van der Waals surface area contributed by atoms with Gasteiger partial charge in [-0.3, -0.25) is 0 Å². The number of nitrogens with zero attached hydrogens (tertiary/aromatic N) is 3. The molecule has 0 aliphatic carbocycles. The van der Waals surface area contributed by atoms with Crippen LogP contribution in [0.4, 0.5) is 0 Å². The van der Waals surface area contributed by atoms with E-state index in [1.54, 1.807) is 6.07 Å². The third-order valence-electron chi connectivity index (χ3n) is 1.77. The maximum absolute atomic E-state index is 11.7. The summed E-state index contributed by atoms with van der Waals surface area (Å²) < 4.78 is 24.5. The molecule has 0 aliphatic rings. The third kappa shape index (κ3) is 2.95. The van der Waals surface area contributed by atoms with Crippen molar-refractivity contribution in [1.82, 2.24) is 9.29 Å². The predicted octanol–water partition coefficient (Wildman–Crippen LogP) is 0.948. The van der Waals surface area contributed by atoms with Gasteiger partial charge in [0, 0.05) is 20.3 Å². The molecule has 5 nitrogen and oxygen atoms in total. The molecule has 86 valence electrons. The molecule has 16 heavy (non-hydrogen) atoms. The fourth-order valence-electron chi connectivity index (χ4n) is 0.922. The van der Waals surface area contributed by atoms with Crippen molar-refractivity contribution in [1.29, 1.82) is 5.26 Å². The van der Waals surface area contributed by atoms with Gasteiger partial charge in [-0.15, -0.1) is 0 Å². The summed E-state index contributed by atoms with van der Waals surface area (Å²) in [5.74, 6) is 0.298. The Hall–Kier alpha value is -1.10. The molecule has 1 rings (SSSR count). The minimum Gasteiger partial charge on any atom is -0.249 e. The van der Waals surface area contributed by atoms with Gasteiger partial charge in [0.25, 0.3) is 0 Å². The van der Waals surface area contributed by atoms with Crippen molar-refractivity contribution >= 4 is 21.8 Å². The summed E-state index contributed by atoms with van der Waals surface area (Å²) in [5.41, 5.74) is 0. The highest BCUT2D eigenvalue weighted by molar-refractivity contribution is 7.99. The van der Waals surface area contributed by atoms with E-state index in [1.165, 1.54) is 38.1 Å². The fourth-order valence-corrected chi connectivity index (χ4v) is 2.27.